The number of hydrogen-bond donors (Lipinski definition) is 1. The summed E-state index contributed by atoms with van der Waals surface area (Å²) in [6.45, 7) is -0.0376. The monoisotopic (exact) mass is 296 g/mol. The molecule has 70 valence electrons. The number of hydrogen-bond acceptors (Lipinski definition) is 3. The Balaban J connectivity index is 3.38. The highest BCUT2D eigenvalue weighted by Crippen LogP contribution is 2.26. The van der Waals surface area contributed by atoms with Crippen molar-refractivity contribution in [1.29, 1.82) is 0 Å². The van der Waals surface area contributed by atoms with Crippen molar-refractivity contribution in [1.82, 2.24) is 0 Å². The summed E-state index contributed by atoms with van der Waals surface area (Å²) in [6, 6.07) is 2.19. The molecule has 0 bridgehead atoms. The van der Waals surface area contributed by atoms with Gasteiger partial charge in [-0.25, -0.2) is 4.39 Å². The second-order valence-electron chi connectivity index (χ2n) is 2.36. The second kappa shape index (κ2) is 3.97. The van der Waals surface area contributed by atoms with Gasteiger partial charge in [0.1, 0.15) is 5.82 Å². The molecule has 0 saturated carbocycles. The molecule has 1 rings (SSSR count). The summed E-state index contributed by atoms with van der Waals surface area (Å²) < 4.78 is 13.0. The van der Waals surface area contributed by atoms with Crippen molar-refractivity contribution in [2.75, 3.05) is 0 Å². The van der Waals surface area contributed by atoms with Gasteiger partial charge in [0.2, 0.25) is 0 Å². The van der Waals surface area contributed by atoms with Crippen molar-refractivity contribution >= 4 is 28.3 Å². The van der Waals surface area contributed by atoms with Crippen molar-refractivity contribution in [2.24, 2.45) is 5.73 Å². The van der Waals surface area contributed by atoms with Crippen LogP contribution in [0.15, 0.2) is 12.1 Å². The Morgan fingerprint density at radius 3 is 2.69 bits per heavy atom. The SMILES string of the molecule is NCc1cc(F)cc(I)c1[N+](=O)[O-]. The van der Waals surface area contributed by atoms with Crippen LogP contribution in [0.2, 0.25) is 0 Å². The predicted octanol–water partition coefficient (Wildman–Crippen LogP) is 1.80. The maximum absolute atomic E-state index is 12.8. The second-order valence-corrected chi connectivity index (χ2v) is 3.52. The molecule has 0 saturated heterocycles. The van der Waals surface area contributed by atoms with E-state index in [2.05, 4.69) is 0 Å². The van der Waals surface area contributed by atoms with E-state index >= 15 is 0 Å². The zero-order valence-electron chi connectivity index (χ0n) is 6.46. The molecule has 0 amide bonds. The number of nitrogens with two attached hydrogens (primary N) is 1. The first kappa shape index (κ1) is 10.3. The van der Waals surface area contributed by atoms with E-state index in [9.17, 15) is 14.5 Å². The minimum absolute atomic E-state index is 0.0376. The normalized spacial score (nSPS) is 10.1. The van der Waals surface area contributed by atoms with Gasteiger partial charge in [-0.15, -0.1) is 0 Å². The first-order valence-corrected chi connectivity index (χ1v) is 4.46. The molecule has 0 fully saturated rings. The maximum atomic E-state index is 12.8. The molecular weight excluding hydrogens is 290 g/mol. The van der Waals surface area contributed by atoms with Gasteiger partial charge in [0, 0.05) is 12.1 Å². The molecule has 1 aromatic carbocycles. The summed E-state index contributed by atoms with van der Waals surface area (Å²) in [5.74, 6) is -0.504. The van der Waals surface area contributed by atoms with Crippen molar-refractivity contribution in [3.05, 3.63) is 37.2 Å². The summed E-state index contributed by atoms with van der Waals surface area (Å²) in [7, 11) is 0. The van der Waals surface area contributed by atoms with Gasteiger partial charge in [-0.05, 0) is 34.7 Å². The fraction of sp³-hybridized carbons (Fsp3) is 0.143. The molecule has 0 atom stereocenters. The number of halogens is 2. The fourth-order valence-corrected chi connectivity index (χ4v) is 1.82. The Morgan fingerprint density at radius 2 is 2.23 bits per heavy atom. The van der Waals surface area contributed by atoms with E-state index in [4.69, 9.17) is 5.73 Å². The third-order valence-corrected chi connectivity index (χ3v) is 2.33. The van der Waals surface area contributed by atoms with Gasteiger partial charge in [-0.3, -0.25) is 10.1 Å². The van der Waals surface area contributed by atoms with Crippen LogP contribution >= 0.6 is 22.6 Å². The van der Waals surface area contributed by atoms with Gasteiger partial charge in [0.25, 0.3) is 5.69 Å². The molecule has 1 aromatic rings. The highest BCUT2D eigenvalue weighted by atomic mass is 127. The van der Waals surface area contributed by atoms with Crippen LogP contribution in [0.4, 0.5) is 10.1 Å². The molecule has 0 spiro atoms. The number of rotatable bonds is 2. The van der Waals surface area contributed by atoms with Crippen LogP contribution in [-0.4, -0.2) is 4.92 Å². The third-order valence-electron chi connectivity index (χ3n) is 1.51. The lowest BCUT2D eigenvalue weighted by Gasteiger charge is -2.01. The maximum Gasteiger partial charge on any atom is 0.287 e. The van der Waals surface area contributed by atoms with Crippen LogP contribution in [0, 0.1) is 19.5 Å². The molecule has 0 aromatic heterocycles. The Labute approximate surface area is 87.2 Å². The topological polar surface area (TPSA) is 69.2 Å². The molecular formula is C7H6FIN2O2. The van der Waals surface area contributed by atoms with Crippen LogP contribution in [-0.2, 0) is 6.54 Å². The Hall–Kier alpha value is -0.760. The van der Waals surface area contributed by atoms with Crippen molar-refractivity contribution in [3.63, 3.8) is 0 Å². The van der Waals surface area contributed by atoms with E-state index in [0.29, 0.717) is 0 Å². The summed E-state index contributed by atoms with van der Waals surface area (Å²) in [6.07, 6.45) is 0. The number of benzene rings is 1. The fourth-order valence-electron chi connectivity index (χ4n) is 0.979. The third kappa shape index (κ3) is 2.13. The van der Waals surface area contributed by atoms with Gasteiger partial charge >= 0.3 is 0 Å². The lowest BCUT2D eigenvalue weighted by atomic mass is 10.2. The van der Waals surface area contributed by atoms with E-state index in [0.717, 1.165) is 12.1 Å². The van der Waals surface area contributed by atoms with Gasteiger partial charge in [0.15, 0.2) is 0 Å². The predicted molar refractivity (Wildman–Crippen MR) is 53.7 cm³/mol. The molecule has 0 aliphatic heterocycles. The smallest absolute Gasteiger partial charge is 0.287 e. The van der Waals surface area contributed by atoms with Crippen LogP contribution in [0.3, 0.4) is 0 Å². The molecule has 13 heavy (non-hydrogen) atoms. The largest absolute Gasteiger partial charge is 0.326 e. The number of nitro benzene ring substituents is 1. The van der Waals surface area contributed by atoms with Crippen LogP contribution < -0.4 is 5.73 Å². The van der Waals surface area contributed by atoms with Crippen LogP contribution in [0.5, 0.6) is 0 Å². The zero-order valence-corrected chi connectivity index (χ0v) is 8.62. The summed E-state index contributed by atoms with van der Waals surface area (Å²) in [4.78, 5) is 9.98. The first-order valence-electron chi connectivity index (χ1n) is 3.38. The van der Waals surface area contributed by atoms with E-state index < -0.39 is 10.7 Å². The van der Waals surface area contributed by atoms with E-state index in [1.54, 1.807) is 22.6 Å². The first-order chi connectivity index (χ1) is 6.06. The molecule has 0 aliphatic carbocycles. The molecule has 2 N–H and O–H groups in total. The van der Waals surface area contributed by atoms with Crippen molar-refractivity contribution in [3.8, 4) is 0 Å². The summed E-state index contributed by atoms with van der Waals surface area (Å²) in [5, 5.41) is 10.5. The minimum atomic E-state index is -0.552. The highest BCUT2D eigenvalue weighted by Gasteiger charge is 2.18. The quantitative estimate of drug-likeness (QED) is 0.514. The molecule has 0 aliphatic rings. The molecule has 0 heterocycles. The molecule has 4 nitrogen and oxygen atoms in total. The average molecular weight is 296 g/mol. The van der Waals surface area contributed by atoms with Gasteiger partial charge in [0.05, 0.1) is 8.49 Å². The Bertz CT molecular complexity index is 357. The lowest BCUT2D eigenvalue weighted by molar-refractivity contribution is -0.386. The van der Waals surface area contributed by atoms with E-state index in [-0.39, 0.29) is 21.4 Å². The zero-order chi connectivity index (χ0) is 10.0. The number of nitrogens with zero attached hydrogens (tertiary/aromatic N) is 1. The van der Waals surface area contributed by atoms with Crippen LogP contribution in [0.1, 0.15) is 5.56 Å². The summed E-state index contributed by atoms with van der Waals surface area (Å²) >= 11 is 1.71. The van der Waals surface area contributed by atoms with Crippen LogP contribution in [0.25, 0.3) is 0 Å². The van der Waals surface area contributed by atoms with E-state index in [1.807, 2.05) is 0 Å². The Morgan fingerprint density at radius 1 is 1.62 bits per heavy atom. The summed E-state index contributed by atoms with van der Waals surface area (Å²) in [5.41, 5.74) is 5.36. The van der Waals surface area contributed by atoms with Gasteiger partial charge in [-0.2, -0.15) is 0 Å². The van der Waals surface area contributed by atoms with Gasteiger partial charge in [-0.1, -0.05) is 0 Å². The highest BCUT2D eigenvalue weighted by molar-refractivity contribution is 14.1. The number of nitro groups is 1. The van der Waals surface area contributed by atoms with E-state index in [1.165, 1.54) is 0 Å². The molecule has 0 radical (unpaired) electrons. The Kier molecular flexibility index (Phi) is 3.15. The van der Waals surface area contributed by atoms with Gasteiger partial charge < -0.3 is 5.73 Å². The van der Waals surface area contributed by atoms with Crippen molar-refractivity contribution < 1.29 is 9.31 Å². The molecule has 0 unspecified atom stereocenters. The van der Waals surface area contributed by atoms with Crippen molar-refractivity contribution in [2.45, 2.75) is 6.54 Å². The minimum Gasteiger partial charge on any atom is -0.326 e. The lowest BCUT2D eigenvalue weighted by Crippen LogP contribution is -2.04. The standard InChI is InChI=1S/C7H6FIN2O2/c8-5-1-4(3-10)7(11(12)13)6(9)2-5/h1-2H,3,10H2. The molecule has 6 heteroatoms. The average Bonchev–Trinajstić information content (AvgIpc) is 2.01.